The minimum atomic E-state index is -0.559. The number of rotatable bonds is 3. The minimum absolute atomic E-state index is 0.171. The summed E-state index contributed by atoms with van der Waals surface area (Å²) in [5.41, 5.74) is 2.41. The number of ether oxygens (including phenoxy) is 1. The normalized spacial score (nSPS) is 16.0. The van der Waals surface area contributed by atoms with Gasteiger partial charge in [-0.05, 0) is 64.0 Å². The predicted molar refractivity (Wildman–Crippen MR) is 135 cm³/mol. The molecule has 0 saturated carbocycles. The zero-order chi connectivity index (χ0) is 23.2. The van der Waals surface area contributed by atoms with Crippen LogP contribution in [0.3, 0.4) is 0 Å². The lowest BCUT2D eigenvalue weighted by Gasteiger charge is -2.35. The number of thiophene rings is 1. The summed E-state index contributed by atoms with van der Waals surface area (Å²) in [6.45, 7) is 11.7. The van der Waals surface area contributed by atoms with E-state index in [-0.39, 0.29) is 18.0 Å². The number of amides is 2. The Morgan fingerprint density at radius 1 is 1.34 bits per heavy atom. The Morgan fingerprint density at radius 3 is 2.78 bits per heavy atom. The van der Waals surface area contributed by atoms with Crippen molar-refractivity contribution in [3.8, 4) is 10.6 Å². The number of hydrogen-bond acceptors (Lipinski definition) is 6. The Bertz CT molecular complexity index is 1230. The highest BCUT2D eigenvalue weighted by Gasteiger charge is 2.35. The molecule has 0 saturated heterocycles. The van der Waals surface area contributed by atoms with E-state index in [0.29, 0.717) is 13.0 Å². The maximum atomic E-state index is 12.8. The van der Waals surface area contributed by atoms with Crippen molar-refractivity contribution in [2.45, 2.75) is 45.8 Å². The largest absolute Gasteiger partial charge is 0.444 e. The first-order chi connectivity index (χ1) is 15.1. The van der Waals surface area contributed by atoms with Crippen molar-refractivity contribution in [3.63, 3.8) is 0 Å². The van der Waals surface area contributed by atoms with Crippen molar-refractivity contribution in [1.82, 2.24) is 9.88 Å². The van der Waals surface area contributed by atoms with Crippen LogP contribution in [0.2, 0.25) is 0 Å². The van der Waals surface area contributed by atoms with Crippen molar-refractivity contribution in [3.05, 3.63) is 45.8 Å². The van der Waals surface area contributed by atoms with Gasteiger partial charge >= 0.3 is 6.09 Å². The SMILES string of the molecule is C=CC(=O)Nc1sc2c(c1-c1nc3cc(Br)ccc3s1)CCN(C(=O)OC(C)(C)C)[C@@H]2C. The maximum Gasteiger partial charge on any atom is 0.410 e. The van der Waals surface area contributed by atoms with Crippen molar-refractivity contribution in [1.29, 1.82) is 0 Å². The third kappa shape index (κ3) is 4.46. The Hall–Kier alpha value is -2.23. The average Bonchev–Trinajstić information content (AvgIpc) is 3.27. The number of anilines is 1. The third-order valence-electron chi connectivity index (χ3n) is 5.10. The molecule has 6 nitrogen and oxygen atoms in total. The van der Waals surface area contributed by atoms with Crippen LogP contribution < -0.4 is 5.32 Å². The number of halogens is 1. The van der Waals surface area contributed by atoms with Crippen LogP contribution in [-0.2, 0) is 16.0 Å². The van der Waals surface area contributed by atoms with Crippen molar-refractivity contribution < 1.29 is 14.3 Å². The monoisotopic (exact) mass is 533 g/mol. The Balaban J connectivity index is 1.79. The van der Waals surface area contributed by atoms with Crippen LogP contribution in [0, 0.1) is 0 Å². The summed E-state index contributed by atoms with van der Waals surface area (Å²) >= 11 is 6.59. The highest BCUT2D eigenvalue weighted by molar-refractivity contribution is 9.10. The maximum absolute atomic E-state index is 12.8. The molecule has 0 unspecified atom stereocenters. The molecule has 0 radical (unpaired) electrons. The molecule has 1 aromatic carbocycles. The van der Waals surface area contributed by atoms with E-state index in [0.717, 1.165) is 40.7 Å². The average molecular weight is 535 g/mol. The molecule has 0 aliphatic carbocycles. The van der Waals surface area contributed by atoms with E-state index in [1.165, 1.54) is 17.4 Å². The molecule has 4 rings (SSSR count). The van der Waals surface area contributed by atoms with Gasteiger partial charge in [0, 0.05) is 21.5 Å². The summed E-state index contributed by atoms with van der Waals surface area (Å²) < 4.78 is 7.65. The van der Waals surface area contributed by atoms with Crippen LogP contribution in [0.5, 0.6) is 0 Å². The fourth-order valence-corrected chi connectivity index (χ4v) is 6.45. The molecule has 3 heterocycles. The molecule has 1 N–H and O–H groups in total. The number of benzene rings is 1. The molecular formula is C23H24BrN3O3S2. The number of nitrogens with one attached hydrogen (secondary N) is 1. The van der Waals surface area contributed by atoms with Gasteiger partial charge in [-0.3, -0.25) is 4.79 Å². The van der Waals surface area contributed by atoms with E-state index < -0.39 is 5.60 Å². The Morgan fingerprint density at radius 2 is 2.09 bits per heavy atom. The molecule has 9 heteroatoms. The molecule has 1 atom stereocenters. The molecule has 3 aromatic rings. The number of carbonyl (C=O) groups excluding carboxylic acids is 2. The van der Waals surface area contributed by atoms with E-state index in [9.17, 15) is 9.59 Å². The summed E-state index contributed by atoms with van der Waals surface area (Å²) in [6, 6.07) is 5.85. The van der Waals surface area contributed by atoms with Crippen LogP contribution in [-0.4, -0.2) is 34.0 Å². The zero-order valence-corrected chi connectivity index (χ0v) is 21.5. The molecule has 0 spiro atoms. The van der Waals surface area contributed by atoms with Crippen LogP contribution in [0.15, 0.2) is 35.3 Å². The number of hydrogen-bond donors (Lipinski definition) is 1. The standard InChI is InChI=1S/C23H24BrN3O3S2/c1-6-17(28)26-21-18(20-25-15-11-13(24)7-8-16(15)31-20)14-9-10-27(12(2)19(14)32-21)22(29)30-23(3,4)5/h6-8,11-12H,1,9-10H2,2-5H3,(H,26,28)/t12-/m1/s1. The van der Waals surface area contributed by atoms with Crippen LogP contribution in [0.1, 0.15) is 44.2 Å². The van der Waals surface area contributed by atoms with Gasteiger partial charge in [0.05, 0.1) is 16.3 Å². The summed E-state index contributed by atoms with van der Waals surface area (Å²) in [7, 11) is 0. The van der Waals surface area contributed by atoms with Gasteiger partial charge in [0.2, 0.25) is 5.91 Å². The summed E-state index contributed by atoms with van der Waals surface area (Å²) in [5, 5.41) is 4.55. The number of thiazole rings is 1. The van der Waals surface area contributed by atoms with Crippen molar-refractivity contribution >= 4 is 65.8 Å². The van der Waals surface area contributed by atoms with Gasteiger partial charge in [0.25, 0.3) is 0 Å². The number of fused-ring (bicyclic) bond motifs is 2. The van der Waals surface area contributed by atoms with Gasteiger partial charge in [-0.15, -0.1) is 22.7 Å². The molecule has 32 heavy (non-hydrogen) atoms. The van der Waals surface area contributed by atoms with Gasteiger partial charge in [-0.1, -0.05) is 22.5 Å². The van der Waals surface area contributed by atoms with Gasteiger partial charge in [0.15, 0.2) is 0 Å². The predicted octanol–water partition coefficient (Wildman–Crippen LogP) is 6.77. The minimum Gasteiger partial charge on any atom is -0.444 e. The van der Waals surface area contributed by atoms with E-state index in [1.54, 1.807) is 16.2 Å². The fourth-order valence-electron chi connectivity index (χ4n) is 3.69. The molecule has 0 bridgehead atoms. The summed E-state index contributed by atoms with van der Waals surface area (Å²) in [4.78, 5) is 32.6. The summed E-state index contributed by atoms with van der Waals surface area (Å²) in [6.07, 6.45) is 1.59. The van der Waals surface area contributed by atoms with E-state index in [2.05, 4.69) is 27.8 Å². The van der Waals surface area contributed by atoms with Crippen LogP contribution in [0.25, 0.3) is 20.8 Å². The Labute approximate surface area is 203 Å². The number of nitrogens with zero attached hydrogens (tertiary/aromatic N) is 2. The lowest BCUT2D eigenvalue weighted by atomic mass is 9.98. The summed E-state index contributed by atoms with van der Waals surface area (Å²) in [5.74, 6) is -0.273. The zero-order valence-electron chi connectivity index (χ0n) is 18.3. The second-order valence-electron chi connectivity index (χ2n) is 8.57. The molecule has 2 aromatic heterocycles. The highest BCUT2D eigenvalue weighted by Crippen LogP contribution is 2.49. The van der Waals surface area contributed by atoms with Gasteiger partial charge in [-0.2, -0.15) is 0 Å². The third-order valence-corrected chi connectivity index (χ3v) is 7.97. The lowest BCUT2D eigenvalue weighted by Crippen LogP contribution is -2.41. The Kier molecular flexibility index (Phi) is 6.17. The molecule has 168 valence electrons. The van der Waals surface area contributed by atoms with Crippen molar-refractivity contribution in [2.24, 2.45) is 0 Å². The fraction of sp³-hybridized carbons (Fsp3) is 0.348. The van der Waals surface area contributed by atoms with E-state index in [4.69, 9.17) is 9.72 Å². The molecule has 1 aliphatic rings. The number of carbonyl (C=O) groups is 2. The van der Waals surface area contributed by atoms with E-state index >= 15 is 0 Å². The first-order valence-corrected chi connectivity index (χ1v) is 12.6. The second kappa shape index (κ2) is 8.61. The molecule has 1 aliphatic heterocycles. The van der Waals surface area contributed by atoms with Gasteiger partial charge < -0.3 is 15.0 Å². The lowest BCUT2D eigenvalue weighted by molar-refractivity contribution is -0.111. The van der Waals surface area contributed by atoms with Crippen molar-refractivity contribution in [2.75, 3.05) is 11.9 Å². The first kappa shape index (κ1) is 22.9. The highest BCUT2D eigenvalue weighted by atomic mass is 79.9. The van der Waals surface area contributed by atoms with Crippen LogP contribution in [0.4, 0.5) is 9.80 Å². The second-order valence-corrected chi connectivity index (χ2v) is 11.6. The van der Waals surface area contributed by atoms with Crippen LogP contribution >= 0.6 is 38.6 Å². The molecule has 2 amide bonds. The van der Waals surface area contributed by atoms with Gasteiger partial charge in [-0.25, -0.2) is 9.78 Å². The topological polar surface area (TPSA) is 71.5 Å². The smallest absolute Gasteiger partial charge is 0.410 e. The quantitative estimate of drug-likeness (QED) is 0.377. The first-order valence-electron chi connectivity index (χ1n) is 10.2. The molecular weight excluding hydrogens is 510 g/mol. The number of aromatic nitrogens is 1. The van der Waals surface area contributed by atoms with E-state index in [1.807, 2.05) is 45.9 Å². The molecule has 0 fully saturated rings. The van der Waals surface area contributed by atoms with Gasteiger partial charge in [0.1, 0.15) is 15.6 Å².